The molecular formula is C27H28BrN5O2. The fourth-order valence-corrected chi connectivity index (χ4v) is 5.08. The summed E-state index contributed by atoms with van der Waals surface area (Å²) < 4.78 is 2.54. The molecule has 5 rings (SSSR count). The van der Waals surface area contributed by atoms with E-state index in [-0.39, 0.29) is 17.6 Å². The zero-order valence-corrected chi connectivity index (χ0v) is 21.1. The molecule has 7 nitrogen and oxygen atoms in total. The van der Waals surface area contributed by atoms with Crippen molar-refractivity contribution in [3.05, 3.63) is 76.9 Å². The standard InChI is InChI=1S/C27H28BrN5O2/c1-18(20-9-3-2-4-10-20)27(35)32-13-7-8-19(17-32)15-29-25-14-23(21-11-5-6-12-24(21)34)31-26-22(28)16-30-33(25)26/h2-6,9-12,14,16,18-19,29,34H,7-8,13,15,17H2,1H3. The number of nitrogens with zero attached hydrogens (tertiary/aromatic N) is 4. The van der Waals surface area contributed by atoms with E-state index in [1.807, 2.05) is 60.4 Å². The van der Waals surface area contributed by atoms with Gasteiger partial charge in [0, 0.05) is 31.3 Å². The van der Waals surface area contributed by atoms with Gasteiger partial charge in [0.1, 0.15) is 11.6 Å². The van der Waals surface area contributed by atoms with Crippen molar-refractivity contribution in [3.8, 4) is 17.0 Å². The molecule has 1 amide bonds. The molecule has 3 heterocycles. The summed E-state index contributed by atoms with van der Waals surface area (Å²) >= 11 is 3.53. The number of phenols is 1. The van der Waals surface area contributed by atoms with Crippen LogP contribution in [0.15, 0.2) is 71.3 Å². The third-order valence-electron chi connectivity index (χ3n) is 6.68. The minimum atomic E-state index is -0.148. The van der Waals surface area contributed by atoms with E-state index in [0.717, 1.165) is 41.8 Å². The number of rotatable bonds is 6. The summed E-state index contributed by atoms with van der Waals surface area (Å²) in [5, 5.41) is 18.4. The Morgan fingerprint density at radius 1 is 1.20 bits per heavy atom. The van der Waals surface area contributed by atoms with Gasteiger partial charge in [-0.3, -0.25) is 4.79 Å². The number of halogens is 1. The summed E-state index contributed by atoms with van der Waals surface area (Å²) in [6.07, 6.45) is 3.76. The molecule has 0 spiro atoms. The molecule has 1 saturated heterocycles. The van der Waals surface area contributed by atoms with Crippen LogP contribution in [0.3, 0.4) is 0 Å². The predicted molar refractivity (Wildman–Crippen MR) is 140 cm³/mol. The van der Waals surface area contributed by atoms with E-state index >= 15 is 0 Å². The second-order valence-corrected chi connectivity index (χ2v) is 9.93. The maximum absolute atomic E-state index is 13.2. The molecule has 180 valence electrons. The third-order valence-corrected chi connectivity index (χ3v) is 7.24. The molecule has 1 aliphatic rings. The van der Waals surface area contributed by atoms with Crippen LogP contribution in [0, 0.1) is 5.92 Å². The van der Waals surface area contributed by atoms with E-state index in [1.165, 1.54) is 0 Å². The molecule has 1 aliphatic heterocycles. The van der Waals surface area contributed by atoms with E-state index in [4.69, 9.17) is 4.98 Å². The van der Waals surface area contributed by atoms with Crippen LogP contribution < -0.4 is 5.32 Å². The molecular weight excluding hydrogens is 506 g/mol. The van der Waals surface area contributed by atoms with Crippen molar-refractivity contribution in [1.29, 1.82) is 0 Å². The van der Waals surface area contributed by atoms with Gasteiger partial charge in [-0.05, 0) is 59.3 Å². The number of benzene rings is 2. The first-order valence-electron chi connectivity index (χ1n) is 11.9. The van der Waals surface area contributed by atoms with E-state index in [2.05, 4.69) is 26.3 Å². The first-order chi connectivity index (χ1) is 17.0. The molecule has 4 aromatic rings. The van der Waals surface area contributed by atoms with E-state index in [1.54, 1.807) is 22.8 Å². The number of phenolic OH excluding ortho intramolecular Hbond substituents is 1. The fourth-order valence-electron chi connectivity index (χ4n) is 4.73. The Hall–Kier alpha value is -3.39. The summed E-state index contributed by atoms with van der Waals surface area (Å²) in [6, 6.07) is 19.1. The highest BCUT2D eigenvalue weighted by Crippen LogP contribution is 2.31. The van der Waals surface area contributed by atoms with Crippen LogP contribution in [0.5, 0.6) is 5.75 Å². The number of anilines is 1. The van der Waals surface area contributed by atoms with Gasteiger partial charge in [0.05, 0.1) is 22.3 Å². The average Bonchev–Trinajstić information content (AvgIpc) is 3.28. The first kappa shape index (κ1) is 23.4. The average molecular weight is 534 g/mol. The summed E-state index contributed by atoms with van der Waals surface area (Å²) in [5.74, 6) is 1.33. The number of fused-ring (bicyclic) bond motifs is 1. The molecule has 35 heavy (non-hydrogen) atoms. The number of likely N-dealkylation sites (tertiary alicyclic amines) is 1. The lowest BCUT2D eigenvalue weighted by Gasteiger charge is -2.34. The number of aromatic nitrogens is 3. The fraction of sp³-hybridized carbons (Fsp3) is 0.296. The molecule has 0 bridgehead atoms. The second kappa shape index (κ2) is 10.1. The van der Waals surface area contributed by atoms with Crippen LogP contribution in [0.1, 0.15) is 31.2 Å². The molecule has 2 unspecified atom stereocenters. The number of nitrogens with one attached hydrogen (secondary N) is 1. The number of amides is 1. The number of hydrogen-bond acceptors (Lipinski definition) is 5. The van der Waals surface area contributed by atoms with Gasteiger partial charge in [0.2, 0.25) is 5.91 Å². The third kappa shape index (κ3) is 4.89. The monoisotopic (exact) mass is 533 g/mol. The van der Waals surface area contributed by atoms with Crippen molar-refractivity contribution in [3.63, 3.8) is 0 Å². The van der Waals surface area contributed by atoms with Gasteiger partial charge in [-0.1, -0.05) is 42.5 Å². The quantitative estimate of drug-likeness (QED) is 0.350. The molecule has 2 aromatic carbocycles. The van der Waals surface area contributed by atoms with Crippen LogP contribution in [-0.2, 0) is 4.79 Å². The largest absolute Gasteiger partial charge is 0.507 e. The highest BCUT2D eigenvalue weighted by atomic mass is 79.9. The topological polar surface area (TPSA) is 82.8 Å². The molecule has 2 N–H and O–H groups in total. The number of carbonyl (C=O) groups is 1. The van der Waals surface area contributed by atoms with Crippen molar-refractivity contribution < 1.29 is 9.90 Å². The van der Waals surface area contributed by atoms with Crippen molar-refractivity contribution in [2.75, 3.05) is 25.0 Å². The molecule has 1 fully saturated rings. The van der Waals surface area contributed by atoms with Gasteiger partial charge in [-0.2, -0.15) is 9.61 Å². The minimum Gasteiger partial charge on any atom is -0.507 e. The maximum Gasteiger partial charge on any atom is 0.229 e. The van der Waals surface area contributed by atoms with E-state index in [0.29, 0.717) is 29.4 Å². The van der Waals surface area contributed by atoms with E-state index < -0.39 is 0 Å². The molecule has 0 radical (unpaired) electrons. The SMILES string of the molecule is CC(C(=O)N1CCCC(CNc2cc(-c3ccccc3O)nc3c(Br)cnn23)C1)c1ccccc1. The molecule has 8 heteroatoms. The lowest BCUT2D eigenvalue weighted by Crippen LogP contribution is -2.43. The normalized spacial score (nSPS) is 16.9. The summed E-state index contributed by atoms with van der Waals surface area (Å²) in [4.78, 5) is 19.9. The smallest absolute Gasteiger partial charge is 0.229 e. The van der Waals surface area contributed by atoms with Crippen LogP contribution in [0.25, 0.3) is 16.9 Å². The lowest BCUT2D eigenvalue weighted by molar-refractivity contribution is -0.134. The Bertz CT molecular complexity index is 1340. The molecule has 0 saturated carbocycles. The van der Waals surface area contributed by atoms with Crippen LogP contribution >= 0.6 is 15.9 Å². The molecule has 2 atom stereocenters. The molecule has 2 aromatic heterocycles. The number of carbonyl (C=O) groups excluding carboxylic acids is 1. The Balaban J connectivity index is 1.33. The highest BCUT2D eigenvalue weighted by molar-refractivity contribution is 9.10. The number of aromatic hydroxyl groups is 1. The van der Waals surface area contributed by atoms with Gasteiger partial charge in [0.25, 0.3) is 0 Å². The van der Waals surface area contributed by atoms with Gasteiger partial charge in [0.15, 0.2) is 5.65 Å². The maximum atomic E-state index is 13.2. The Labute approximate surface area is 212 Å². The highest BCUT2D eigenvalue weighted by Gasteiger charge is 2.27. The van der Waals surface area contributed by atoms with Gasteiger partial charge < -0.3 is 15.3 Å². The van der Waals surface area contributed by atoms with Crippen LogP contribution in [0.4, 0.5) is 5.82 Å². The van der Waals surface area contributed by atoms with Gasteiger partial charge in [-0.15, -0.1) is 0 Å². The zero-order chi connectivity index (χ0) is 24.4. The molecule has 0 aliphatic carbocycles. The van der Waals surface area contributed by atoms with Gasteiger partial charge >= 0.3 is 0 Å². The van der Waals surface area contributed by atoms with Crippen molar-refractivity contribution in [2.45, 2.75) is 25.7 Å². The summed E-state index contributed by atoms with van der Waals surface area (Å²) in [6.45, 7) is 4.23. The van der Waals surface area contributed by atoms with Crippen molar-refractivity contribution in [1.82, 2.24) is 19.5 Å². The Morgan fingerprint density at radius 3 is 2.77 bits per heavy atom. The Morgan fingerprint density at radius 2 is 1.97 bits per heavy atom. The summed E-state index contributed by atoms with van der Waals surface area (Å²) in [7, 11) is 0. The number of piperidine rings is 1. The Kier molecular flexibility index (Phi) is 6.72. The van der Waals surface area contributed by atoms with Crippen molar-refractivity contribution in [2.24, 2.45) is 5.92 Å². The second-order valence-electron chi connectivity index (χ2n) is 9.08. The van der Waals surface area contributed by atoms with E-state index in [9.17, 15) is 9.90 Å². The zero-order valence-electron chi connectivity index (χ0n) is 19.6. The summed E-state index contributed by atoms with van der Waals surface area (Å²) in [5.41, 5.74) is 3.05. The van der Waals surface area contributed by atoms with Crippen LogP contribution in [0.2, 0.25) is 0 Å². The number of hydrogen-bond donors (Lipinski definition) is 2. The minimum absolute atomic E-state index is 0.148. The van der Waals surface area contributed by atoms with Crippen molar-refractivity contribution >= 4 is 33.3 Å². The lowest BCUT2D eigenvalue weighted by atomic mass is 9.94. The first-order valence-corrected chi connectivity index (χ1v) is 12.7. The predicted octanol–water partition coefficient (Wildman–Crippen LogP) is 5.32. The van der Waals surface area contributed by atoms with Crippen LogP contribution in [-0.4, -0.2) is 50.1 Å². The number of para-hydroxylation sites is 1. The van der Waals surface area contributed by atoms with Gasteiger partial charge in [-0.25, -0.2) is 4.98 Å².